The van der Waals surface area contributed by atoms with E-state index in [9.17, 15) is 4.79 Å². The van der Waals surface area contributed by atoms with Crippen molar-refractivity contribution in [3.05, 3.63) is 0 Å². The second-order valence-corrected chi connectivity index (χ2v) is 6.66. The van der Waals surface area contributed by atoms with E-state index in [4.69, 9.17) is 5.73 Å². The van der Waals surface area contributed by atoms with E-state index < -0.39 is 0 Å². The highest BCUT2D eigenvalue weighted by molar-refractivity contribution is 5.78. The van der Waals surface area contributed by atoms with Crippen molar-refractivity contribution in [3.8, 4) is 0 Å². The smallest absolute Gasteiger partial charge is 0.236 e. The van der Waals surface area contributed by atoms with Crippen molar-refractivity contribution in [1.82, 2.24) is 9.80 Å². The van der Waals surface area contributed by atoms with Gasteiger partial charge in [-0.1, -0.05) is 20.3 Å². The van der Waals surface area contributed by atoms with Gasteiger partial charge in [-0.3, -0.25) is 9.69 Å². The van der Waals surface area contributed by atoms with Gasteiger partial charge in [-0.2, -0.15) is 0 Å². The average molecular weight is 267 g/mol. The topological polar surface area (TPSA) is 49.6 Å². The number of carbonyl (C=O) groups is 1. The molecule has 2 N–H and O–H groups in total. The Morgan fingerprint density at radius 2 is 1.79 bits per heavy atom. The molecule has 110 valence electrons. The molecule has 2 rings (SSSR count). The minimum Gasteiger partial charge on any atom is -0.342 e. The van der Waals surface area contributed by atoms with Crippen LogP contribution in [0.25, 0.3) is 0 Å². The number of hydrogen-bond acceptors (Lipinski definition) is 3. The zero-order chi connectivity index (χ0) is 13.9. The summed E-state index contributed by atoms with van der Waals surface area (Å²) in [7, 11) is 0. The van der Waals surface area contributed by atoms with Crippen LogP contribution >= 0.6 is 0 Å². The van der Waals surface area contributed by atoms with Gasteiger partial charge in [-0.05, 0) is 31.1 Å². The fourth-order valence-corrected chi connectivity index (χ4v) is 3.05. The molecule has 0 aromatic carbocycles. The lowest BCUT2D eigenvalue weighted by Gasteiger charge is -2.40. The van der Waals surface area contributed by atoms with Crippen molar-refractivity contribution in [2.24, 2.45) is 11.1 Å². The zero-order valence-electron chi connectivity index (χ0n) is 12.5. The summed E-state index contributed by atoms with van der Waals surface area (Å²) in [4.78, 5) is 16.6. The molecule has 2 saturated heterocycles. The van der Waals surface area contributed by atoms with Crippen molar-refractivity contribution in [1.29, 1.82) is 0 Å². The van der Waals surface area contributed by atoms with Crippen molar-refractivity contribution in [2.45, 2.75) is 52.0 Å². The molecular formula is C15H29N3O. The molecule has 2 aliphatic rings. The van der Waals surface area contributed by atoms with E-state index in [1.807, 2.05) is 0 Å². The molecule has 0 saturated carbocycles. The standard InChI is InChI=1S/C15H29N3O/c1-3-15(2)6-10-18(11-7-15)14(19)12-17-8-4-13(16)5-9-17/h13H,3-12,16H2,1-2H3. The minimum absolute atomic E-state index is 0.314. The third-order valence-corrected chi connectivity index (χ3v) is 5.17. The summed E-state index contributed by atoms with van der Waals surface area (Å²) in [5.74, 6) is 0.314. The lowest BCUT2D eigenvalue weighted by Crippen LogP contribution is -2.48. The van der Waals surface area contributed by atoms with Crippen LogP contribution < -0.4 is 5.73 Å². The Morgan fingerprint density at radius 3 is 2.32 bits per heavy atom. The van der Waals surface area contributed by atoms with Gasteiger partial charge in [0, 0.05) is 32.2 Å². The quantitative estimate of drug-likeness (QED) is 0.842. The Balaban J connectivity index is 1.75. The van der Waals surface area contributed by atoms with Crippen LogP contribution in [0.2, 0.25) is 0 Å². The van der Waals surface area contributed by atoms with Crippen molar-refractivity contribution >= 4 is 5.91 Å². The number of piperidine rings is 2. The largest absolute Gasteiger partial charge is 0.342 e. The number of nitrogens with two attached hydrogens (primary N) is 1. The first-order chi connectivity index (χ1) is 9.02. The van der Waals surface area contributed by atoms with E-state index >= 15 is 0 Å². The van der Waals surface area contributed by atoms with Gasteiger partial charge in [0.05, 0.1) is 6.54 Å². The third-order valence-electron chi connectivity index (χ3n) is 5.17. The van der Waals surface area contributed by atoms with Gasteiger partial charge in [0.25, 0.3) is 0 Å². The summed E-state index contributed by atoms with van der Waals surface area (Å²) >= 11 is 0. The van der Waals surface area contributed by atoms with Gasteiger partial charge < -0.3 is 10.6 Å². The molecular weight excluding hydrogens is 238 g/mol. The fourth-order valence-electron chi connectivity index (χ4n) is 3.05. The molecule has 0 unspecified atom stereocenters. The molecule has 0 radical (unpaired) electrons. The highest BCUT2D eigenvalue weighted by Gasteiger charge is 2.31. The maximum atomic E-state index is 12.3. The molecule has 4 nitrogen and oxygen atoms in total. The van der Waals surface area contributed by atoms with E-state index in [1.165, 1.54) is 6.42 Å². The molecule has 1 amide bonds. The number of amides is 1. The van der Waals surface area contributed by atoms with Crippen molar-refractivity contribution in [2.75, 3.05) is 32.7 Å². The van der Waals surface area contributed by atoms with Crippen LogP contribution in [-0.4, -0.2) is 54.5 Å². The predicted octanol–water partition coefficient (Wildman–Crippen LogP) is 1.45. The molecule has 2 aliphatic heterocycles. The number of likely N-dealkylation sites (tertiary alicyclic amines) is 2. The zero-order valence-corrected chi connectivity index (χ0v) is 12.5. The predicted molar refractivity (Wildman–Crippen MR) is 77.9 cm³/mol. The van der Waals surface area contributed by atoms with Crippen LogP contribution in [-0.2, 0) is 4.79 Å². The highest BCUT2D eigenvalue weighted by Crippen LogP contribution is 2.33. The van der Waals surface area contributed by atoms with E-state index in [-0.39, 0.29) is 0 Å². The third kappa shape index (κ3) is 3.93. The lowest BCUT2D eigenvalue weighted by molar-refractivity contribution is -0.134. The monoisotopic (exact) mass is 267 g/mol. The van der Waals surface area contributed by atoms with E-state index in [1.54, 1.807) is 0 Å². The van der Waals surface area contributed by atoms with Crippen LogP contribution in [0.1, 0.15) is 46.0 Å². The second-order valence-electron chi connectivity index (χ2n) is 6.66. The Morgan fingerprint density at radius 1 is 1.21 bits per heavy atom. The molecule has 0 atom stereocenters. The maximum absolute atomic E-state index is 12.3. The molecule has 0 aromatic heterocycles. The maximum Gasteiger partial charge on any atom is 0.236 e. The molecule has 4 heteroatoms. The van der Waals surface area contributed by atoms with Crippen LogP contribution in [0.5, 0.6) is 0 Å². The van der Waals surface area contributed by atoms with Crippen LogP contribution in [0.15, 0.2) is 0 Å². The summed E-state index contributed by atoms with van der Waals surface area (Å²) in [5, 5.41) is 0. The second kappa shape index (κ2) is 6.23. The summed E-state index contributed by atoms with van der Waals surface area (Å²) in [6.07, 6.45) is 5.58. The van der Waals surface area contributed by atoms with Crippen LogP contribution in [0, 0.1) is 5.41 Å². The molecule has 2 heterocycles. The minimum atomic E-state index is 0.314. The molecule has 19 heavy (non-hydrogen) atoms. The number of rotatable bonds is 3. The number of hydrogen-bond donors (Lipinski definition) is 1. The summed E-state index contributed by atoms with van der Waals surface area (Å²) in [6, 6.07) is 0.339. The van der Waals surface area contributed by atoms with Gasteiger partial charge in [-0.15, -0.1) is 0 Å². The van der Waals surface area contributed by atoms with Crippen LogP contribution in [0.4, 0.5) is 0 Å². The van der Waals surface area contributed by atoms with Gasteiger partial charge in [0.1, 0.15) is 0 Å². The SMILES string of the molecule is CCC1(C)CCN(C(=O)CN2CCC(N)CC2)CC1. The summed E-state index contributed by atoms with van der Waals surface area (Å²) < 4.78 is 0. The Labute approximate surface area is 117 Å². The van der Waals surface area contributed by atoms with E-state index in [2.05, 4.69) is 23.6 Å². The fraction of sp³-hybridized carbons (Fsp3) is 0.933. The van der Waals surface area contributed by atoms with E-state index in [0.29, 0.717) is 23.9 Å². The molecule has 0 aliphatic carbocycles. The Hall–Kier alpha value is -0.610. The average Bonchev–Trinajstić information content (AvgIpc) is 2.42. The first-order valence-electron chi connectivity index (χ1n) is 7.78. The molecule has 0 bridgehead atoms. The summed E-state index contributed by atoms with van der Waals surface area (Å²) in [5.41, 5.74) is 6.35. The van der Waals surface area contributed by atoms with Gasteiger partial charge >= 0.3 is 0 Å². The van der Waals surface area contributed by atoms with Crippen molar-refractivity contribution in [3.63, 3.8) is 0 Å². The van der Waals surface area contributed by atoms with Gasteiger partial charge in [0.2, 0.25) is 5.91 Å². The molecule has 0 spiro atoms. The first-order valence-corrected chi connectivity index (χ1v) is 7.78. The van der Waals surface area contributed by atoms with Gasteiger partial charge in [-0.25, -0.2) is 0 Å². The summed E-state index contributed by atoms with van der Waals surface area (Å²) in [6.45, 7) is 9.04. The van der Waals surface area contributed by atoms with E-state index in [0.717, 1.165) is 51.9 Å². The molecule has 2 fully saturated rings. The molecule has 0 aromatic rings. The number of nitrogens with zero attached hydrogens (tertiary/aromatic N) is 2. The first kappa shape index (κ1) is 14.8. The van der Waals surface area contributed by atoms with Crippen LogP contribution in [0.3, 0.4) is 0 Å². The van der Waals surface area contributed by atoms with Crippen molar-refractivity contribution < 1.29 is 4.79 Å². The highest BCUT2D eigenvalue weighted by atomic mass is 16.2. The van der Waals surface area contributed by atoms with Gasteiger partial charge in [0.15, 0.2) is 0 Å². The Bertz CT molecular complexity index is 303. The normalized spacial score (nSPS) is 25.5. The lowest BCUT2D eigenvalue weighted by atomic mass is 9.78. The number of carbonyl (C=O) groups excluding carboxylic acids is 1. The Kier molecular flexibility index (Phi) is 4.85.